The first kappa shape index (κ1) is 35.7. The predicted molar refractivity (Wildman–Crippen MR) is 174 cm³/mol. The van der Waals surface area contributed by atoms with Crippen molar-refractivity contribution in [2.45, 2.75) is 156 Å². The summed E-state index contributed by atoms with van der Waals surface area (Å²) in [4.78, 5) is 28.9. The van der Waals surface area contributed by atoms with E-state index in [2.05, 4.69) is 24.1 Å². The maximum Gasteiger partial charge on any atom is 0.253 e. The molecule has 0 bridgehead atoms. The topological polar surface area (TPSA) is 52.6 Å². The summed E-state index contributed by atoms with van der Waals surface area (Å²) < 4.78 is 0. The van der Waals surface area contributed by atoms with Gasteiger partial charge in [0, 0.05) is 19.6 Å². The molecule has 0 spiro atoms. The van der Waals surface area contributed by atoms with Crippen molar-refractivity contribution in [3.8, 4) is 0 Å². The van der Waals surface area contributed by atoms with Crippen LogP contribution < -0.4 is 21.1 Å². The van der Waals surface area contributed by atoms with Crippen molar-refractivity contribution in [1.29, 1.82) is 0 Å². The first-order valence-corrected chi connectivity index (χ1v) is 17.1. The number of nitrogens with one attached hydrogen (secondary N) is 1. The van der Waals surface area contributed by atoms with E-state index in [-0.39, 0.29) is 10.9 Å². The maximum atomic E-state index is 12.1. The summed E-state index contributed by atoms with van der Waals surface area (Å²) in [6, 6.07) is 0. The Morgan fingerprint density at radius 3 is 1.28 bits per heavy atom. The lowest BCUT2D eigenvalue weighted by Crippen LogP contribution is -2.43. The molecule has 0 fully saturated rings. The van der Waals surface area contributed by atoms with Gasteiger partial charge in [-0.15, -0.1) is 0 Å². The molecule has 0 aromatic heterocycles. The van der Waals surface area contributed by atoms with Crippen LogP contribution in [0.15, 0.2) is 9.59 Å². The van der Waals surface area contributed by atoms with Crippen molar-refractivity contribution >= 4 is 11.4 Å². The van der Waals surface area contributed by atoms with Gasteiger partial charge in [-0.05, 0) is 52.7 Å². The Kier molecular flexibility index (Phi) is 22.3. The standard InChI is InChI=1S/C34H65N3O2/c1-5-9-11-13-15-16-17-18-19-20-21-23-25-29-36(28-24-22-14-12-10-6-2)30-26-27-35-31-32(34(39)33(31)38)37(7-3)8-4/h35H,5-30H2,1-4H3. The van der Waals surface area contributed by atoms with Gasteiger partial charge in [0.1, 0.15) is 11.4 Å². The van der Waals surface area contributed by atoms with Gasteiger partial charge < -0.3 is 15.1 Å². The highest BCUT2D eigenvalue weighted by atomic mass is 16.2. The van der Waals surface area contributed by atoms with E-state index >= 15 is 0 Å². The van der Waals surface area contributed by atoms with Crippen molar-refractivity contribution in [2.75, 3.05) is 49.5 Å². The molecule has 228 valence electrons. The van der Waals surface area contributed by atoms with Crippen molar-refractivity contribution in [1.82, 2.24) is 4.90 Å². The van der Waals surface area contributed by atoms with Gasteiger partial charge in [-0.3, -0.25) is 9.59 Å². The number of nitrogens with zero attached hydrogens (tertiary/aromatic N) is 2. The summed E-state index contributed by atoms with van der Waals surface area (Å²) in [5.74, 6) is 0. The Labute approximate surface area is 242 Å². The first-order valence-electron chi connectivity index (χ1n) is 17.1. The highest BCUT2D eigenvalue weighted by Crippen LogP contribution is 2.19. The lowest BCUT2D eigenvalue weighted by Gasteiger charge is -2.26. The Balaban J connectivity index is 2.28. The van der Waals surface area contributed by atoms with E-state index in [0.29, 0.717) is 11.4 Å². The smallest absolute Gasteiger partial charge is 0.253 e. The van der Waals surface area contributed by atoms with Gasteiger partial charge in [0.05, 0.1) is 0 Å². The number of hydrogen-bond acceptors (Lipinski definition) is 5. The van der Waals surface area contributed by atoms with Crippen LogP contribution in [-0.4, -0.2) is 44.2 Å². The third kappa shape index (κ3) is 15.9. The van der Waals surface area contributed by atoms with Crippen LogP contribution in [0, 0.1) is 0 Å². The monoisotopic (exact) mass is 548 g/mol. The normalized spacial score (nSPS) is 11.6. The van der Waals surface area contributed by atoms with Crippen LogP contribution in [0.4, 0.5) is 11.4 Å². The summed E-state index contributed by atoms with van der Waals surface area (Å²) in [7, 11) is 0. The molecule has 0 unspecified atom stereocenters. The van der Waals surface area contributed by atoms with E-state index in [1.165, 1.54) is 135 Å². The molecule has 0 radical (unpaired) electrons. The van der Waals surface area contributed by atoms with E-state index in [9.17, 15) is 9.59 Å². The summed E-state index contributed by atoms with van der Waals surface area (Å²) in [5.41, 5.74) is 0.477. The lowest BCUT2D eigenvalue weighted by molar-refractivity contribution is 0.259. The average molecular weight is 548 g/mol. The minimum absolute atomic E-state index is 0.326. The van der Waals surface area contributed by atoms with Gasteiger partial charge in [0.15, 0.2) is 0 Å². The SMILES string of the molecule is CCCCCCCCCCCCCCCN(CCCCCCCC)CCCNc1c(N(CC)CC)c(=O)c1=O. The molecule has 0 atom stereocenters. The van der Waals surface area contributed by atoms with E-state index in [0.717, 1.165) is 32.6 Å². The summed E-state index contributed by atoms with van der Waals surface area (Å²) in [5, 5.41) is 3.30. The van der Waals surface area contributed by atoms with Crippen LogP contribution in [0.1, 0.15) is 156 Å². The maximum absolute atomic E-state index is 12.1. The molecule has 0 heterocycles. The van der Waals surface area contributed by atoms with Crippen LogP contribution in [0.3, 0.4) is 0 Å². The third-order valence-electron chi connectivity index (χ3n) is 8.32. The van der Waals surface area contributed by atoms with Crippen LogP contribution in [-0.2, 0) is 0 Å². The molecule has 5 nitrogen and oxygen atoms in total. The third-order valence-corrected chi connectivity index (χ3v) is 8.32. The van der Waals surface area contributed by atoms with Crippen LogP contribution in [0.25, 0.3) is 0 Å². The van der Waals surface area contributed by atoms with Crippen molar-refractivity contribution in [2.24, 2.45) is 0 Å². The van der Waals surface area contributed by atoms with E-state index in [4.69, 9.17) is 0 Å². The molecule has 5 heteroatoms. The van der Waals surface area contributed by atoms with Crippen molar-refractivity contribution in [3.63, 3.8) is 0 Å². The number of hydrogen-bond donors (Lipinski definition) is 1. The van der Waals surface area contributed by atoms with Gasteiger partial charge in [-0.2, -0.15) is 0 Å². The fourth-order valence-electron chi connectivity index (χ4n) is 5.71. The highest BCUT2D eigenvalue weighted by molar-refractivity contribution is 5.75. The Bertz CT molecular complexity index is 752. The molecule has 1 aromatic rings. The fourth-order valence-corrected chi connectivity index (χ4v) is 5.71. The van der Waals surface area contributed by atoms with Crippen molar-refractivity contribution in [3.05, 3.63) is 20.4 Å². The molecule has 0 aliphatic carbocycles. The molecule has 0 aliphatic heterocycles. The molecule has 0 saturated carbocycles. The van der Waals surface area contributed by atoms with Gasteiger partial charge >= 0.3 is 0 Å². The molecule has 1 rings (SSSR count). The zero-order valence-corrected chi connectivity index (χ0v) is 26.6. The zero-order chi connectivity index (χ0) is 28.6. The second-order valence-electron chi connectivity index (χ2n) is 11.7. The number of rotatable bonds is 29. The Morgan fingerprint density at radius 1 is 0.487 bits per heavy atom. The fraction of sp³-hybridized carbons (Fsp3) is 0.882. The summed E-state index contributed by atoms with van der Waals surface area (Å²) >= 11 is 0. The Hall–Kier alpha value is -1.36. The number of anilines is 2. The second kappa shape index (κ2) is 24.4. The van der Waals surface area contributed by atoms with Gasteiger partial charge in [0.2, 0.25) is 0 Å². The van der Waals surface area contributed by atoms with Crippen LogP contribution >= 0.6 is 0 Å². The minimum Gasteiger partial charge on any atom is -0.380 e. The summed E-state index contributed by atoms with van der Waals surface area (Å²) in [6.45, 7) is 14.3. The molecular weight excluding hydrogens is 482 g/mol. The van der Waals surface area contributed by atoms with Gasteiger partial charge in [-0.1, -0.05) is 123 Å². The molecule has 1 N–H and O–H groups in total. The minimum atomic E-state index is -0.340. The molecule has 0 aliphatic rings. The predicted octanol–water partition coefficient (Wildman–Crippen LogP) is 8.68. The molecule has 1 aromatic carbocycles. The molecular formula is C34H65N3O2. The van der Waals surface area contributed by atoms with E-state index < -0.39 is 0 Å². The first-order chi connectivity index (χ1) is 19.1. The molecule has 0 amide bonds. The van der Waals surface area contributed by atoms with E-state index in [1.807, 2.05) is 18.7 Å². The van der Waals surface area contributed by atoms with Gasteiger partial charge in [-0.25, -0.2) is 0 Å². The second-order valence-corrected chi connectivity index (χ2v) is 11.7. The number of unbranched alkanes of at least 4 members (excludes halogenated alkanes) is 17. The van der Waals surface area contributed by atoms with E-state index in [1.54, 1.807) is 0 Å². The van der Waals surface area contributed by atoms with Crippen LogP contribution in [0.2, 0.25) is 0 Å². The lowest BCUT2D eigenvalue weighted by atomic mass is 10.0. The Morgan fingerprint density at radius 2 is 0.872 bits per heavy atom. The van der Waals surface area contributed by atoms with Crippen molar-refractivity contribution < 1.29 is 0 Å². The average Bonchev–Trinajstić information content (AvgIpc) is 2.95. The zero-order valence-electron chi connectivity index (χ0n) is 26.6. The highest BCUT2D eigenvalue weighted by Gasteiger charge is 2.24. The largest absolute Gasteiger partial charge is 0.380 e. The molecule has 39 heavy (non-hydrogen) atoms. The summed E-state index contributed by atoms with van der Waals surface area (Å²) in [6.07, 6.45) is 27.2. The quantitative estimate of drug-likeness (QED) is 0.0803. The van der Waals surface area contributed by atoms with Gasteiger partial charge in [0.25, 0.3) is 10.9 Å². The van der Waals surface area contributed by atoms with Crippen LogP contribution in [0.5, 0.6) is 0 Å². The molecule has 0 saturated heterocycles.